The number of amides is 1. The van der Waals surface area contributed by atoms with Gasteiger partial charge in [-0.3, -0.25) is 4.79 Å². The average molecular weight is 393 g/mol. The summed E-state index contributed by atoms with van der Waals surface area (Å²) in [5, 5.41) is 2.63. The van der Waals surface area contributed by atoms with Crippen LogP contribution >= 0.6 is 0 Å². The van der Waals surface area contributed by atoms with Crippen LogP contribution in [0.25, 0.3) is 11.0 Å². The number of methoxy groups -OCH3 is 1. The summed E-state index contributed by atoms with van der Waals surface area (Å²) in [5.74, 6) is -6.04. The SMILES string of the molecule is COc1ccc2oc(C(=O)OCC(=O)Nc3ccc(F)c(F)c3F)c(C)c2c1. The van der Waals surface area contributed by atoms with E-state index in [0.717, 1.165) is 6.07 Å². The first-order chi connectivity index (χ1) is 13.3. The van der Waals surface area contributed by atoms with Crippen molar-refractivity contribution >= 4 is 28.5 Å². The lowest BCUT2D eigenvalue weighted by Crippen LogP contribution is -2.22. The van der Waals surface area contributed by atoms with E-state index in [1.165, 1.54) is 7.11 Å². The van der Waals surface area contributed by atoms with Crippen molar-refractivity contribution in [3.8, 4) is 5.75 Å². The second kappa shape index (κ2) is 7.63. The lowest BCUT2D eigenvalue weighted by Gasteiger charge is -2.07. The molecule has 0 unspecified atom stereocenters. The Morgan fingerprint density at radius 3 is 2.57 bits per heavy atom. The Kier molecular flexibility index (Phi) is 5.25. The van der Waals surface area contributed by atoms with Crippen molar-refractivity contribution in [2.45, 2.75) is 6.92 Å². The number of fused-ring (bicyclic) bond motifs is 1. The normalized spacial score (nSPS) is 10.8. The van der Waals surface area contributed by atoms with Crippen molar-refractivity contribution in [2.24, 2.45) is 0 Å². The number of hydrogen-bond acceptors (Lipinski definition) is 5. The van der Waals surface area contributed by atoms with Crippen LogP contribution in [0.3, 0.4) is 0 Å². The fourth-order valence-electron chi connectivity index (χ4n) is 2.53. The molecule has 0 aliphatic rings. The summed E-state index contributed by atoms with van der Waals surface area (Å²) in [6.07, 6.45) is 0. The van der Waals surface area contributed by atoms with Crippen molar-refractivity contribution in [3.63, 3.8) is 0 Å². The second-order valence-electron chi connectivity index (χ2n) is 5.77. The molecule has 3 rings (SSSR count). The number of hydrogen-bond donors (Lipinski definition) is 1. The van der Waals surface area contributed by atoms with Crippen LogP contribution in [0.15, 0.2) is 34.7 Å². The molecule has 2 aromatic carbocycles. The zero-order valence-corrected chi connectivity index (χ0v) is 14.8. The van der Waals surface area contributed by atoms with Crippen LogP contribution < -0.4 is 10.1 Å². The predicted octanol–water partition coefficient (Wildman–Crippen LogP) is 3.96. The molecular formula is C19H14F3NO5. The van der Waals surface area contributed by atoms with Crippen molar-refractivity contribution < 1.29 is 36.7 Å². The smallest absolute Gasteiger partial charge is 0.375 e. The molecule has 0 radical (unpaired) electrons. The molecule has 0 aliphatic heterocycles. The standard InChI is InChI=1S/C19H14F3NO5/c1-9-11-7-10(26-2)3-6-14(11)28-18(9)19(25)27-8-15(24)23-13-5-4-12(20)16(21)17(13)22/h3-7H,8H2,1-2H3,(H,23,24). The Morgan fingerprint density at radius 1 is 1.11 bits per heavy atom. The fourth-order valence-corrected chi connectivity index (χ4v) is 2.53. The van der Waals surface area contributed by atoms with E-state index < -0.39 is 41.6 Å². The van der Waals surface area contributed by atoms with Crippen LogP contribution in [0.4, 0.5) is 18.9 Å². The lowest BCUT2D eigenvalue weighted by atomic mass is 10.1. The number of esters is 1. The van der Waals surface area contributed by atoms with Crippen molar-refractivity contribution in [1.29, 1.82) is 0 Å². The first kappa shape index (κ1) is 19.3. The molecule has 146 valence electrons. The molecule has 0 bridgehead atoms. The van der Waals surface area contributed by atoms with Gasteiger partial charge in [0.05, 0.1) is 12.8 Å². The molecule has 0 saturated carbocycles. The molecule has 0 atom stereocenters. The first-order valence-corrected chi connectivity index (χ1v) is 7.99. The van der Waals surface area contributed by atoms with Gasteiger partial charge in [-0.1, -0.05) is 0 Å². The molecule has 0 saturated heterocycles. The van der Waals surface area contributed by atoms with Gasteiger partial charge in [-0.05, 0) is 37.3 Å². The Labute approximate surface area is 156 Å². The molecule has 1 amide bonds. The number of anilines is 1. The molecule has 28 heavy (non-hydrogen) atoms. The fraction of sp³-hybridized carbons (Fsp3) is 0.158. The molecule has 1 N–H and O–H groups in total. The van der Waals surface area contributed by atoms with Gasteiger partial charge in [0.1, 0.15) is 11.3 Å². The highest BCUT2D eigenvalue weighted by atomic mass is 19.2. The molecule has 0 spiro atoms. The van der Waals surface area contributed by atoms with E-state index in [0.29, 0.717) is 28.3 Å². The molecule has 3 aromatic rings. The van der Waals surface area contributed by atoms with E-state index in [4.69, 9.17) is 13.9 Å². The zero-order chi connectivity index (χ0) is 20.4. The molecule has 0 fully saturated rings. The zero-order valence-electron chi connectivity index (χ0n) is 14.8. The van der Waals surface area contributed by atoms with E-state index in [9.17, 15) is 22.8 Å². The quantitative estimate of drug-likeness (QED) is 0.524. The number of aryl methyl sites for hydroxylation is 1. The number of rotatable bonds is 5. The Hall–Kier alpha value is -3.49. The van der Waals surface area contributed by atoms with Gasteiger partial charge in [0.25, 0.3) is 5.91 Å². The summed E-state index contributed by atoms with van der Waals surface area (Å²) < 4.78 is 55.0. The number of furan rings is 1. The maximum atomic E-state index is 13.6. The topological polar surface area (TPSA) is 77.8 Å². The van der Waals surface area contributed by atoms with Gasteiger partial charge in [-0.2, -0.15) is 0 Å². The molecular weight excluding hydrogens is 379 g/mol. The second-order valence-corrected chi connectivity index (χ2v) is 5.77. The molecule has 1 heterocycles. The van der Waals surface area contributed by atoms with Gasteiger partial charge < -0.3 is 19.2 Å². The summed E-state index contributed by atoms with van der Waals surface area (Å²) in [4.78, 5) is 24.0. The first-order valence-electron chi connectivity index (χ1n) is 7.99. The number of carbonyl (C=O) groups excluding carboxylic acids is 2. The van der Waals surface area contributed by atoms with E-state index in [1.807, 2.05) is 5.32 Å². The minimum atomic E-state index is -1.72. The van der Waals surface area contributed by atoms with Crippen LogP contribution in [-0.2, 0) is 9.53 Å². The lowest BCUT2D eigenvalue weighted by molar-refractivity contribution is -0.119. The number of halogens is 3. The third-order valence-electron chi connectivity index (χ3n) is 3.97. The van der Waals surface area contributed by atoms with Crippen LogP contribution in [0, 0.1) is 24.4 Å². The Morgan fingerprint density at radius 2 is 1.86 bits per heavy atom. The van der Waals surface area contributed by atoms with Gasteiger partial charge in [0.2, 0.25) is 5.76 Å². The number of ether oxygens (including phenoxy) is 2. The highest BCUT2D eigenvalue weighted by Crippen LogP contribution is 2.29. The third-order valence-corrected chi connectivity index (χ3v) is 3.97. The summed E-state index contributed by atoms with van der Waals surface area (Å²) >= 11 is 0. The predicted molar refractivity (Wildman–Crippen MR) is 92.7 cm³/mol. The van der Waals surface area contributed by atoms with Gasteiger partial charge >= 0.3 is 5.97 Å². The Balaban J connectivity index is 1.69. The average Bonchev–Trinajstić information content (AvgIpc) is 3.02. The van der Waals surface area contributed by atoms with Gasteiger partial charge in [0.15, 0.2) is 24.1 Å². The van der Waals surface area contributed by atoms with E-state index >= 15 is 0 Å². The van der Waals surface area contributed by atoms with Crippen molar-refractivity contribution in [2.75, 3.05) is 19.0 Å². The maximum absolute atomic E-state index is 13.6. The monoisotopic (exact) mass is 393 g/mol. The summed E-state index contributed by atoms with van der Waals surface area (Å²) in [6, 6.07) is 6.47. The van der Waals surface area contributed by atoms with Gasteiger partial charge in [-0.25, -0.2) is 18.0 Å². The van der Waals surface area contributed by atoms with E-state index in [-0.39, 0.29) is 5.76 Å². The van der Waals surface area contributed by atoms with Gasteiger partial charge in [0, 0.05) is 10.9 Å². The van der Waals surface area contributed by atoms with Gasteiger partial charge in [-0.15, -0.1) is 0 Å². The third kappa shape index (κ3) is 3.64. The minimum absolute atomic E-state index is 0.102. The van der Waals surface area contributed by atoms with Crippen molar-refractivity contribution in [1.82, 2.24) is 0 Å². The number of nitrogens with one attached hydrogen (secondary N) is 1. The summed E-state index contributed by atoms with van der Waals surface area (Å²) in [7, 11) is 1.50. The van der Waals surface area contributed by atoms with E-state index in [2.05, 4.69) is 0 Å². The number of carbonyl (C=O) groups is 2. The van der Waals surface area contributed by atoms with Crippen LogP contribution in [-0.4, -0.2) is 25.6 Å². The van der Waals surface area contributed by atoms with Crippen molar-refractivity contribution in [3.05, 3.63) is 59.1 Å². The summed E-state index contributed by atoms with van der Waals surface area (Å²) in [5.41, 5.74) is 0.344. The molecule has 9 heteroatoms. The highest BCUT2D eigenvalue weighted by Gasteiger charge is 2.21. The van der Waals surface area contributed by atoms with Crippen LogP contribution in [0.1, 0.15) is 16.1 Å². The Bertz CT molecular complexity index is 1080. The largest absolute Gasteiger partial charge is 0.497 e. The maximum Gasteiger partial charge on any atom is 0.375 e. The van der Waals surface area contributed by atoms with E-state index in [1.54, 1.807) is 25.1 Å². The van der Waals surface area contributed by atoms with Crippen LogP contribution in [0.2, 0.25) is 0 Å². The summed E-state index contributed by atoms with van der Waals surface area (Å²) in [6.45, 7) is 0.857. The molecule has 6 nitrogen and oxygen atoms in total. The molecule has 0 aliphatic carbocycles. The van der Waals surface area contributed by atoms with Crippen LogP contribution in [0.5, 0.6) is 5.75 Å². The highest BCUT2D eigenvalue weighted by molar-refractivity contribution is 5.98. The number of benzene rings is 2. The molecule has 1 aromatic heterocycles. The minimum Gasteiger partial charge on any atom is -0.497 e.